The summed E-state index contributed by atoms with van der Waals surface area (Å²) in [6, 6.07) is 9.13. The Morgan fingerprint density at radius 2 is 1.65 bits per heavy atom. The van der Waals surface area contributed by atoms with Crippen LogP contribution in [0.15, 0.2) is 24.3 Å². The maximum absolute atomic E-state index is 2.39. The smallest absolute Gasteiger partial charge is 0.0250 e. The summed E-state index contributed by atoms with van der Waals surface area (Å²) in [5.74, 6) is 2.01. The van der Waals surface area contributed by atoms with E-state index in [1.807, 2.05) is 13.8 Å². The molecule has 1 aliphatic carbocycles. The van der Waals surface area contributed by atoms with Gasteiger partial charge in [0.2, 0.25) is 0 Å². The molecule has 96 valence electrons. The Labute approximate surface area is 107 Å². The van der Waals surface area contributed by atoms with Crippen LogP contribution in [0.25, 0.3) is 0 Å². The average Bonchev–Trinajstić information content (AvgIpc) is 2.36. The van der Waals surface area contributed by atoms with Gasteiger partial charge in [-0.25, -0.2) is 0 Å². The maximum atomic E-state index is 2.39. The van der Waals surface area contributed by atoms with E-state index in [2.05, 4.69) is 38.1 Å². The van der Waals surface area contributed by atoms with Crippen molar-refractivity contribution in [2.24, 2.45) is 11.8 Å². The summed E-state index contributed by atoms with van der Waals surface area (Å²) >= 11 is 0. The van der Waals surface area contributed by atoms with E-state index in [9.17, 15) is 0 Å². The fourth-order valence-corrected chi connectivity index (χ4v) is 2.68. The molecule has 0 aliphatic heterocycles. The normalized spacial score (nSPS) is 22.4. The molecule has 0 atom stereocenters. The van der Waals surface area contributed by atoms with E-state index in [0.717, 1.165) is 18.3 Å². The van der Waals surface area contributed by atoms with Crippen molar-refractivity contribution in [3.63, 3.8) is 0 Å². The van der Waals surface area contributed by atoms with Gasteiger partial charge in [0, 0.05) is 0 Å². The predicted molar refractivity (Wildman–Crippen MR) is 77.4 cm³/mol. The van der Waals surface area contributed by atoms with Gasteiger partial charge in [0.15, 0.2) is 0 Å². The summed E-state index contributed by atoms with van der Waals surface area (Å²) in [4.78, 5) is 0. The zero-order chi connectivity index (χ0) is 12.7. The van der Waals surface area contributed by atoms with Crippen LogP contribution in [-0.4, -0.2) is 0 Å². The Hall–Kier alpha value is -0.780. The standard InChI is InChI=1S/C15H22.C2H6/c1-3-12-6-5-7-14(8-12)11-15-9-13(4-2)10-15;1-2/h5-8,13,15H,3-4,9-11H2,1-2H3;1-2H3. The number of rotatable bonds is 4. The molecule has 0 heterocycles. The van der Waals surface area contributed by atoms with Gasteiger partial charge in [0.05, 0.1) is 0 Å². The SMILES string of the molecule is CC.CCc1cccc(CC2CC(CC)C2)c1. The second-order valence-corrected chi connectivity index (χ2v) is 4.99. The molecule has 0 spiro atoms. The van der Waals surface area contributed by atoms with Gasteiger partial charge in [-0.2, -0.15) is 0 Å². The summed E-state index contributed by atoms with van der Waals surface area (Å²) in [7, 11) is 0. The summed E-state index contributed by atoms with van der Waals surface area (Å²) in [6.07, 6.45) is 6.78. The van der Waals surface area contributed by atoms with Crippen LogP contribution in [-0.2, 0) is 12.8 Å². The van der Waals surface area contributed by atoms with E-state index < -0.39 is 0 Å². The third-order valence-electron chi connectivity index (χ3n) is 3.83. The van der Waals surface area contributed by atoms with Gasteiger partial charge in [-0.05, 0) is 48.6 Å². The lowest BCUT2D eigenvalue weighted by molar-refractivity contribution is 0.187. The van der Waals surface area contributed by atoms with Crippen molar-refractivity contribution in [1.29, 1.82) is 0 Å². The maximum Gasteiger partial charge on any atom is -0.0250 e. The lowest BCUT2D eigenvalue weighted by Crippen LogP contribution is -2.24. The molecule has 0 aromatic heterocycles. The Morgan fingerprint density at radius 1 is 1.00 bits per heavy atom. The zero-order valence-electron chi connectivity index (χ0n) is 12.0. The predicted octanol–water partition coefficient (Wildman–Crippen LogP) is 5.25. The number of hydrogen-bond acceptors (Lipinski definition) is 0. The van der Waals surface area contributed by atoms with Crippen molar-refractivity contribution in [3.8, 4) is 0 Å². The summed E-state index contributed by atoms with van der Waals surface area (Å²) in [6.45, 7) is 8.55. The third kappa shape index (κ3) is 4.18. The molecule has 0 N–H and O–H groups in total. The number of hydrogen-bond donors (Lipinski definition) is 0. The first kappa shape index (κ1) is 14.3. The highest BCUT2D eigenvalue weighted by Crippen LogP contribution is 2.37. The van der Waals surface area contributed by atoms with Gasteiger partial charge in [0.1, 0.15) is 0 Å². The van der Waals surface area contributed by atoms with E-state index >= 15 is 0 Å². The van der Waals surface area contributed by atoms with Crippen LogP contribution >= 0.6 is 0 Å². The van der Waals surface area contributed by atoms with Crippen LogP contribution in [0.1, 0.15) is 58.1 Å². The third-order valence-corrected chi connectivity index (χ3v) is 3.83. The van der Waals surface area contributed by atoms with Crippen molar-refractivity contribution in [2.75, 3.05) is 0 Å². The molecule has 1 aromatic carbocycles. The Kier molecular flexibility index (Phi) is 6.32. The molecule has 1 aromatic rings. The van der Waals surface area contributed by atoms with Crippen LogP contribution < -0.4 is 0 Å². The van der Waals surface area contributed by atoms with Crippen LogP contribution in [0.2, 0.25) is 0 Å². The molecule has 1 aliphatic rings. The van der Waals surface area contributed by atoms with E-state index in [-0.39, 0.29) is 0 Å². The first-order valence-corrected chi connectivity index (χ1v) is 7.39. The lowest BCUT2D eigenvalue weighted by Gasteiger charge is -2.34. The van der Waals surface area contributed by atoms with E-state index in [1.165, 1.54) is 31.2 Å². The van der Waals surface area contributed by atoms with E-state index in [1.54, 1.807) is 5.56 Å². The molecular weight excluding hydrogens is 204 g/mol. The van der Waals surface area contributed by atoms with Gasteiger partial charge in [-0.15, -0.1) is 0 Å². The Bertz CT molecular complexity index is 308. The average molecular weight is 232 g/mol. The highest BCUT2D eigenvalue weighted by Gasteiger charge is 2.27. The summed E-state index contributed by atoms with van der Waals surface area (Å²) in [5, 5.41) is 0. The van der Waals surface area contributed by atoms with Crippen molar-refractivity contribution < 1.29 is 0 Å². The Balaban J connectivity index is 0.000000686. The fourth-order valence-electron chi connectivity index (χ4n) is 2.68. The first-order chi connectivity index (χ1) is 8.31. The minimum Gasteiger partial charge on any atom is -0.0683 e. The van der Waals surface area contributed by atoms with Gasteiger partial charge in [-0.1, -0.05) is 58.4 Å². The molecule has 0 radical (unpaired) electrons. The van der Waals surface area contributed by atoms with Crippen molar-refractivity contribution in [2.45, 2.75) is 59.8 Å². The molecule has 0 amide bonds. The number of aryl methyl sites for hydroxylation is 1. The minimum atomic E-state index is 0.974. The minimum absolute atomic E-state index is 0.974. The quantitative estimate of drug-likeness (QED) is 0.664. The first-order valence-electron chi connectivity index (χ1n) is 7.39. The Morgan fingerprint density at radius 3 is 2.24 bits per heavy atom. The largest absolute Gasteiger partial charge is 0.0683 e. The lowest BCUT2D eigenvalue weighted by atomic mass is 9.71. The highest BCUT2D eigenvalue weighted by molar-refractivity contribution is 5.24. The molecule has 2 rings (SSSR count). The molecule has 0 bridgehead atoms. The van der Waals surface area contributed by atoms with E-state index in [4.69, 9.17) is 0 Å². The summed E-state index contributed by atoms with van der Waals surface area (Å²) < 4.78 is 0. The monoisotopic (exact) mass is 232 g/mol. The van der Waals surface area contributed by atoms with Crippen LogP contribution in [0, 0.1) is 11.8 Å². The summed E-state index contributed by atoms with van der Waals surface area (Å²) in [5.41, 5.74) is 3.03. The van der Waals surface area contributed by atoms with E-state index in [0.29, 0.717) is 0 Å². The van der Waals surface area contributed by atoms with Gasteiger partial charge in [-0.3, -0.25) is 0 Å². The molecule has 17 heavy (non-hydrogen) atoms. The number of benzene rings is 1. The molecule has 0 heteroatoms. The van der Waals surface area contributed by atoms with Gasteiger partial charge in [0.25, 0.3) is 0 Å². The highest BCUT2D eigenvalue weighted by atomic mass is 14.3. The van der Waals surface area contributed by atoms with Gasteiger partial charge < -0.3 is 0 Å². The molecule has 1 fully saturated rings. The van der Waals surface area contributed by atoms with Crippen LogP contribution in [0.5, 0.6) is 0 Å². The van der Waals surface area contributed by atoms with Crippen molar-refractivity contribution >= 4 is 0 Å². The molecular formula is C17H28. The van der Waals surface area contributed by atoms with Crippen molar-refractivity contribution in [3.05, 3.63) is 35.4 Å². The van der Waals surface area contributed by atoms with Crippen LogP contribution in [0.3, 0.4) is 0 Å². The molecule has 0 saturated heterocycles. The second-order valence-electron chi connectivity index (χ2n) is 4.99. The fraction of sp³-hybridized carbons (Fsp3) is 0.647. The molecule has 0 nitrogen and oxygen atoms in total. The zero-order valence-corrected chi connectivity index (χ0v) is 12.0. The molecule has 1 saturated carbocycles. The van der Waals surface area contributed by atoms with Gasteiger partial charge >= 0.3 is 0 Å². The second kappa shape index (κ2) is 7.53. The topological polar surface area (TPSA) is 0 Å². The van der Waals surface area contributed by atoms with Crippen LogP contribution in [0.4, 0.5) is 0 Å². The molecule has 0 unspecified atom stereocenters. The van der Waals surface area contributed by atoms with Crippen molar-refractivity contribution in [1.82, 2.24) is 0 Å².